The number of phenolic OH excluding ortho intramolecular Hbond substituents is 1. The summed E-state index contributed by atoms with van der Waals surface area (Å²) in [6.07, 6.45) is 4.87. The number of phenols is 1. The number of aromatic hydroxyl groups is 1. The summed E-state index contributed by atoms with van der Waals surface area (Å²) in [5.41, 5.74) is 13.0. The fourth-order valence-corrected chi connectivity index (χ4v) is 6.28. The van der Waals surface area contributed by atoms with Gasteiger partial charge in [0.25, 0.3) is 5.91 Å². The molecule has 7 rings (SSSR count). The van der Waals surface area contributed by atoms with E-state index in [2.05, 4.69) is 39.5 Å². The molecule has 1 atom stereocenters. The van der Waals surface area contributed by atoms with Crippen molar-refractivity contribution < 1.29 is 14.7 Å². The van der Waals surface area contributed by atoms with Crippen LogP contribution in [0.15, 0.2) is 103 Å². The summed E-state index contributed by atoms with van der Waals surface area (Å²) < 4.78 is 2.05. The lowest BCUT2D eigenvalue weighted by Gasteiger charge is -2.21. The molecule has 0 saturated carbocycles. The van der Waals surface area contributed by atoms with E-state index in [4.69, 9.17) is 15.7 Å². The standard InChI is InChI=1S/C38H35N7O3/c39-35-31(9-4-19-40-35)36-43-33-17-16-32(26-6-2-1-3-7-26)42-37(33)45(36)30-14-10-25(11-15-30)23-44-20-5-8-29(18-21-44)41-38(48)27-12-13-28(24-46)34(47)22-27/h1-4,6-7,9-17,19,22,24,29,47H,5,8,18,20-21,23H2,(H2,39,40)(H,41,48). The van der Waals surface area contributed by atoms with Gasteiger partial charge in [-0.05, 0) is 86.0 Å². The van der Waals surface area contributed by atoms with Crippen molar-refractivity contribution in [3.05, 3.63) is 120 Å². The molecule has 4 N–H and O–H groups in total. The third-order valence-corrected chi connectivity index (χ3v) is 8.83. The molecule has 1 aliphatic rings. The van der Waals surface area contributed by atoms with Gasteiger partial charge < -0.3 is 16.2 Å². The summed E-state index contributed by atoms with van der Waals surface area (Å²) in [5.74, 6) is 0.638. The zero-order chi connectivity index (χ0) is 33.0. The quantitative estimate of drug-likeness (QED) is 0.172. The number of rotatable bonds is 8. The van der Waals surface area contributed by atoms with Gasteiger partial charge >= 0.3 is 0 Å². The zero-order valence-electron chi connectivity index (χ0n) is 26.3. The zero-order valence-corrected chi connectivity index (χ0v) is 26.3. The van der Waals surface area contributed by atoms with Gasteiger partial charge in [-0.25, -0.2) is 15.0 Å². The summed E-state index contributed by atoms with van der Waals surface area (Å²) in [5, 5.41) is 13.1. The first kappa shape index (κ1) is 30.8. The number of carbonyl (C=O) groups excluding carboxylic acids is 2. The molecular weight excluding hydrogens is 602 g/mol. The van der Waals surface area contributed by atoms with Crippen LogP contribution in [-0.4, -0.2) is 60.9 Å². The SMILES string of the molecule is Nc1ncccc1-c1nc2ccc(-c3ccccc3)nc2n1-c1ccc(CN2CCCC(NC(=O)c3ccc(C=O)c(O)c3)CC2)cc1. The van der Waals surface area contributed by atoms with Crippen LogP contribution in [0.25, 0.3) is 39.5 Å². The number of imidazole rings is 1. The molecule has 1 fully saturated rings. The number of likely N-dealkylation sites (tertiary alicyclic amines) is 1. The van der Waals surface area contributed by atoms with Gasteiger partial charge in [-0.3, -0.25) is 19.1 Å². The van der Waals surface area contributed by atoms with Gasteiger partial charge in [0.15, 0.2) is 17.8 Å². The van der Waals surface area contributed by atoms with Crippen molar-refractivity contribution >= 4 is 29.2 Å². The van der Waals surface area contributed by atoms with Crippen LogP contribution in [0.2, 0.25) is 0 Å². The number of hydrogen-bond acceptors (Lipinski definition) is 8. The number of anilines is 1. The van der Waals surface area contributed by atoms with Gasteiger partial charge in [-0.15, -0.1) is 0 Å². The molecule has 0 spiro atoms. The number of hydrogen-bond donors (Lipinski definition) is 3. The Morgan fingerprint density at radius 3 is 2.54 bits per heavy atom. The highest BCUT2D eigenvalue weighted by molar-refractivity contribution is 5.96. The van der Waals surface area contributed by atoms with Gasteiger partial charge in [-0.1, -0.05) is 42.5 Å². The molecule has 48 heavy (non-hydrogen) atoms. The minimum atomic E-state index is -0.249. The summed E-state index contributed by atoms with van der Waals surface area (Å²) in [4.78, 5) is 40.6. The number of aromatic nitrogens is 4. The molecule has 6 aromatic rings. The Bertz CT molecular complexity index is 2090. The topological polar surface area (TPSA) is 139 Å². The van der Waals surface area contributed by atoms with Crippen molar-refractivity contribution in [2.45, 2.75) is 31.8 Å². The molecule has 1 amide bonds. The van der Waals surface area contributed by atoms with Crippen LogP contribution in [0.5, 0.6) is 5.75 Å². The van der Waals surface area contributed by atoms with Crippen molar-refractivity contribution in [2.75, 3.05) is 18.8 Å². The predicted octanol–water partition coefficient (Wildman–Crippen LogP) is 6.03. The number of amides is 1. The minimum absolute atomic E-state index is 0.0268. The Balaban J connectivity index is 1.09. The normalized spacial score (nSPS) is 15.2. The number of aldehydes is 1. The lowest BCUT2D eigenvalue weighted by molar-refractivity contribution is 0.0932. The second-order valence-electron chi connectivity index (χ2n) is 12.0. The Labute approximate surface area is 277 Å². The van der Waals surface area contributed by atoms with Crippen LogP contribution >= 0.6 is 0 Å². The van der Waals surface area contributed by atoms with Crippen LogP contribution in [0.4, 0.5) is 5.82 Å². The largest absolute Gasteiger partial charge is 0.507 e. The van der Waals surface area contributed by atoms with Gasteiger partial charge in [0.05, 0.1) is 16.8 Å². The van der Waals surface area contributed by atoms with E-state index in [-0.39, 0.29) is 23.3 Å². The van der Waals surface area contributed by atoms with Crippen LogP contribution in [0.3, 0.4) is 0 Å². The summed E-state index contributed by atoms with van der Waals surface area (Å²) in [6.45, 7) is 2.54. The van der Waals surface area contributed by atoms with Crippen molar-refractivity contribution in [1.29, 1.82) is 0 Å². The molecule has 0 bridgehead atoms. The van der Waals surface area contributed by atoms with E-state index in [0.29, 0.717) is 23.5 Å². The lowest BCUT2D eigenvalue weighted by atomic mass is 10.1. The highest BCUT2D eigenvalue weighted by Gasteiger charge is 2.21. The molecule has 3 aromatic heterocycles. The molecule has 10 nitrogen and oxygen atoms in total. The second kappa shape index (κ2) is 13.5. The molecule has 1 unspecified atom stereocenters. The lowest BCUT2D eigenvalue weighted by Crippen LogP contribution is -2.35. The number of carbonyl (C=O) groups is 2. The van der Waals surface area contributed by atoms with Gasteiger partial charge in [0, 0.05) is 42.1 Å². The van der Waals surface area contributed by atoms with Gasteiger partial charge in [0.1, 0.15) is 17.1 Å². The molecule has 0 aliphatic carbocycles. The first-order valence-corrected chi connectivity index (χ1v) is 16.0. The summed E-state index contributed by atoms with van der Waals surface area (Å²) >= 11 is 0. The number of nitrogens with two attached hydrogens (primary N) is 1. The van der Waals surface area contributed by atoms with E-state index < -0.39 is 0 Å². The van der Waals surface area contributed by atoms with E-state index in [1.807, 2.05) is 59.2 Å². The molecule has 10 heteroatoms. The molecule has 3 aromatic carbocycles. The van der Waals surface area contributed by atoms with E-state index >= 15 is 0 Å². The first-order chi connectivity index (χ1) is 23.5. The highest BCUT2D eigenvalue weighted by atomic mass is 16.3. The maximum absolute atomic E-state index is 12.8. The third-order valence-electron chi connectivity index (χ3n) is 8.83. The predicted molar refractivity (Wildman–Crippen MR) is 186 cm³/mol. The van der Waals surface area contributed by atoms with E-state index in [9.17, 15) is 14.7 Å². The van der Waals surface area contributed by atoms with Crippen molar-refractivity contribution in [3.8, 4) is 34.1 Å². The number of nitrogens with zero attached hydrogens (tertiary/aromatic N) is 5. The van der Waals surface area contributed by atoms with Gasteiger partial charge in [0.2, 0.25) is 0 Å². The maximum Gasteiger partial charge on any atom is 0.251 e. The molecule has 240 valence electrons. The summed E-state index contributed by atoms with van der Waals surface area (Å²) in [6, 6.07) is 30.7. The Morgan fingerprint density at radius 2 is 1.77 bits per heavy atom. The number of pyridine rings is 2. The minimum Gasteiger partial charge on any atom is -0.507 e. The highest BCUT2D eigenvalue weighted by Crippen LogP contribution is 2.32. The number of benzene rings is 3. The molecule has 1 aliphatic heterocycles. The van der Waals surface area contributed by atoms with E-state index in [1.165, 1.54) is 17.7 Å². The average molecular weight is 638 g/mol. The average Bonchev–Trinajstić information content (AvgIpc) is 3.35. The smallest absolute Gasteiger partial charge is 0.251 e. The second-order valence-corrected chi connectivity index (χ2v) is 12.0. The molecule has 4 heterocycles. The van der Waals surface area contributed by atoms with Crippen LogP contribution < -0.4 is 11.1 Å². The monoisotopic (exact) mass is 637 g/mol. The fourth-order valence-electron chi connectivity index (χ4n) is 6.28. The molecular formula is C38H35N7O3. The van der Waals surface area contributed by atoms with Crippen LogP contribution in [-0.2, 0) is 6.54 Å². The first-order valence-electron chi connectivity index (χ1n) is 16.0. The van der Waals surface area contributed by atoms with E-state index in [0.717, 1.165) is 72.6 Å². The van der Waals surface area contributed by atoms with Crippen LogP contribution in [0.1, 0.15) is 45.5 Å². The molecule has 1 saturated heterocycles. The Hall–Kier alpha value is -5.87. The third kappa shape index (κ3) is 6.38. The summed E-state index contributed by atoms with van der Waals surface area (Å²) in [7, 11) is 0. The number of fused-ring (bicyclic) bond motifs is 1. The fraction of sp³-hybridized carbons (Fsp3) is 0.184. The Kier molecular flexibility index (Phi) is 8.63. The van der Waals surface area contributed by atoms with Gasteiger partial charge in [-0.2, -0.15) is 0 Å². The van der Waals surface area contributed by atoms with Crippen molar-refractivity contribution in [1.82, 2.24) is 29.7 Å². The van der Waals surface area contributed by atoms with Crippen molar-refractivity contribution in [2.24, 2.45) is 0 Å². The molecule has 0 radical (unpaired) electrons. The maximum atomic E-state index is 12.8. The van der Waals surface area contributed by atoms with Crippen molar-refractivity contribution in [3.63, 3.8) is 0 Å². The number of nitrogens with one attached hydrogen (secondary N) is 1. The Morgan fingerprint density at radius 1 is 0.938 bits per heavy atom. The van der Waals surface area contributed by atoms with E-state index in [1.54, 1.807) is 12.3 Å². The number of nitrogen functional groups attached to an aromatic ring is 1. The van der Waals surface area contributed by atoms with Crippen LogP contribution in [0, 0.1) is 0 Å².